The van der Waals surface area contributed by atoms with Crippen LogP contribution in [0.4, 0.5) is 4.79 Å². The molecule has 0 bridgehead atoms. The van der Waals surface area contributed by atoms with Crippen molar-refractivity contribution in [3.8, 4) is 5.75 Å². The van der Waals surface area contributed by atoms with Gasteiger partial charge in [0.15, 0.2) is 0 Å². The second-order valence-corrected chi connectivity index (χ2v) is 5.50. The summed E-state index contributed by atoms with van der Waals surface area (Å²) in [6, 6.07) is 7.56. The van der Waals surface area contributed by atoms with E-state index in [1.54, 1.807) is 11.0 Å². The molecule has 5 heteroatoms. The van der Waals surface area contributed by atoms with Gasteiger partial charge in [-0.3, -0.25) is 0 Å². The third-order valence-electron chi connectivity index (χ3n) is 3.82. The Balaban J connectivity index is 1.89. The van der Waals surface area contributed by atoms with Crippen molar-refractivity contribution in [3.05, 3.63) is 42.5 Å². The van der Waals surface area contributed by atoms with Gasteiger partial charge in [-0.2, -0.15) is 0 Å². The van der Waals surface area contributed by atoms with Crippen LogP contribution in [0.5, 0.6) is 5.75 Å². The summed E-state index contributed by atoms with van der Waals surface area (Å²) in [5.41, 5.74) is 0.938. The molecule has 120 valence electrons. The van der Waals surface area contributed by atoms with Gasteiger partial charge in [0.05, 0.1) is 0 Å². The number of carbonyl (C=O) groups is 1. The quantitative estimate of drug-likeness (QED) is 0.792. The molecule has 1 aromatic rings. The fourth-order valence-electron chi connectivity index (χ4n) is 2.62. The van der Waals surface area contributed by atoms with Gasteiger partial charge in [0.2, 0.25) is 0 Å². The molecule has 0 saturated carbocycles. The zero-order chi connectivity index (χ0) is 15.8. The summed E-state index contributed by atoms with van der Waals surface area (Å²) in [6.45, 7) is 6.01. The molecule has 1 saturated heterocycles. The van der Waals surface area contributed by atoms with Crippen LogP contribution in [0, 0.1) is 5.92 Å². The molecule has 1 atom stereocenters. The van der Waals surface area contributed by atoms with E-state index in [2.05, 4.69) is 11.9 Å². The number of likely N-dealkylation sites (tertiary alicyclic amines) is 1. The second kappa shape index (κ2) is 8.44. The van der Waals surface area contributed by atoms with Crippen LogP contribution in [0.3, 0.4) is 0 Å². The standard InChI is InChI=1S/C17H24N2O3/c1-2-10-22-16-8-4-3-7-15(16)11-18-17(21)19-9-5-6-14(12-19)13-20/h2-4,7-8,14,20H,1,5-6,9-13H2,(H,18,21). The molecule has 0 aromatic heterocycles. The Morgan fingerprint density at radius 3 is 3.09 bits per heavy atom. The first-order chi connectivity index (χ1) is 10.7. The molecule has 1 unspecified atom stereocenters. The van der Waals surface area contributed by atoms with Gasteiger partial charge in [-0.05, 0) is 24.8 Å². The van der Waals surface area contributed by atoms with Crippen molar-refractivity contribution in [2.24, 2.45) is 5.92 Å². The summed E-state index contributed by atoms with van der Waals surface area (Å²) in [5.74, 6) is 0.956. The van der Waals surface area contributed by atoms with Gasteiger partial charge >= 0.3 is 6.03 Å². The molecule has 0 aliphatic carbocycles. The van der Waals surface area contributed by atoms with Crippen LogP contribution in [0.2, 0.25) is 0 Å². The van der Waals surface area contributed by atoms with Crippen LogP contribution in [-0.2, 0) is 6.54 Å². The Morgan fingerprint density at radius 2 is 2.32 bits per heavy atom. The highest BCUT2D eigenvalue weighted by atomic mass is 16.5. The van der Waals surface area contributed by atoms with Crippen molar-refractivity contribution in [2.45, 2.75) is 19.4 Å². The molecule has 1 aromatic carbocycles. The van der Waals surface area contributed by atoms with E-state index in [1.807, 2.05) is 24.3 Å². The number of nitrogens with zero attached hydrogens (tertiary/aromatic N) is 1. The molecular formula is C17H24N2O3. The van der Waals surface area contributed by atoms with Crippen LogP contribution < -0.4 is 10.1 Å². The summed E-state index contributed by atoms with van der Waals surface area (Å²) in [6.07, 6.45) is 3.62. The number of hydrogen-bond acceptors (Lipinski definition) is 3. The zero-order valence-electron chi connectivity index (χ0n) is 12.8. The van der Waals surface area contributed by atoms with Gasteiger partial charge in [-0.15, -0.1) is 0 Å². The molecule has 22 heavy (non-hydrogen) atoms. The van der Waals surface area contributed by atoms with Crippen molar-refractivity contribution >= 4 is 6.03 Å². The molecule has 1 aliphatic heterocycles. The summed E-state index contributed by atoms with van der Waals surface area (Å²) in [5, 5.41) is 12.2. The number of hydrogen-bond donors (Lipinski definition) is 2. The average Bonchev–Trinajstić information content (AvgIpc) is 2.58. The number of carbonyl (C=O) groups excluding carboxylic acids is 1. The topological polar surface area (TPSA) is 61.8 Å². The number of benzene rings is 1. The van der Waals surface area contributed by atoms with E-state index in [9.17, 15) is 9.90 Å². The van der Waals surface area contributed by atoms with Crippen LogP contribution in [0.1, 0.15) is 18.4 Å². The molecule has 0 radical (unpaired) electrons. The van der Waals surface area contributed by atoms with Crippen molar-refractivity contribution < 1.29 is 14.6 Å². The number of piperidine rings is 1. The molecule has 1 fully saturated rings. The zero-order valence-corrected chi connectivity index (χ0v) is 12.8. The largest absolute Gasteiger partial charge is 0.489 e. The molecule has 1 heterocycles. The number of rotatable bonds is 6. The summed E-state index contributed by atoms with van der Waals surface area (Å²) in [4.78, 5) is 14.0. The fraction of sp³-hybridized carbons (Fsp3) is 0.471. The lowest BCUT2D eigenvalue weighted by molar-refractivity contribution is 0.129. The Morgan fingerprint density at radius 1 is 1.50 bits per heavy atom. The first-order valence-corrected chi connectivity index (χ1v) is 7.69. The lowest BCUT2D eigenvalue weighted by Gasteiger charge is -2.31. The smallest absolute Gasteiger partial charge is 0.317 e. The van der Waals surface area contributed by atoms with Gasteiger partial charge in [-0.1, -0.05) is 30.9 Å². The number of aliphatic hydroxyl groups is 1. The molecule has 1 aliphatic rings. The summed E-state index contributed by atoms with van der Waals surface area (Å²) in [7, 11) is 0. The van der Waals surface area contributed by atoms with Gasteiger partial charge in [0.25, 0.3) is 0 Å². The van der Waals surface area contributed by atoms with Crippen LogP contribution in [-0.4, -0.2) is 42.3 Å². The van der Waals surface area contributed by atoms with Gasteiger partial charge in [-0.25, -0.2) is 4.79 Å². The number of para-hydroxylation sites is 1. The molecular weight excluding hydrogens is 280 g/mol. The first-order valence-electron chi connectivity index (χ1n) is 7.69. The van der Waals surface area contributed by atoms with E-state index in [1.165, 1.54) is 0 Å². The molecule has 2 rings (SSSR count). The maximum absolute atomic E-state index is 12.2. The van der Waals surface area contributed by atoms with Crippen LogP contribution in [0.15, 0.2) is 36.9 Å². The molecule has 5 nitrogen and oxygen atoms in total. The van der Waals surface area contributed by atoms with Crippen molar-refractivity contribution in [1.82, 2.24) is 10.2 Å². The van der Waals surface area contributed by atoms with E-state index in [-0.39, 0.29) is 18.6 Å². The molecule has 0 spiro atoms. The number of aliphatic hydroxyl groups excluding tert-OH is 1. The Labute approximate surface area is 131 Å². The minimum absolute atomic E-state index is 0.0864. The van der Waals surface area contributed by atoms with Crippen molar-refractivity contribution in [1.29, 1.82) is 0 Å². The maximum Gasteiger partial charge on any atom is 0.317 e. The van der Waals surface area contributed by atoms with Gasteiger partial charge in [0.1, 0.15) is 12.4 Å². The summed E-state index contributed by atoms with van der Waals surface area (Å²) >= 11 is 0. The molecule has 2 amide bonds. The third kappa shape index (κ3) is 4.49. The van der Waals surface area contributed by atoms with Crippen LogP contribution >= 0.6 is 0 Å². The van der Waals surface area contributed by atoms with E-state index in [4.69, 9.17) is 4.74 Å². The lowest BCUT2D eigenvalue weighted by atomic mass is 9.99. The number of nitrogens with one attached hydrogen (secondary N) is 1. The lowest BCUT2D eigenvalue weighted by Crippen LogP contribution is -2.45. The van der Waals surface area contributed by atoms with E-state index < -0.39 is 0 Å². The van der Waals surface area contributed by atoms with E-state index in [0.717, 1.165) is 30.7 Å². The predicted molar refractivity (Wildman–Crippen MR) is 85.8 cm³/mol. The van der Waals surface area contributed by atoms with Crippen LogP contribution in [0.25, 0.3) is 0 Å². The number of amides is 2. The third-order valence-corrected chi connectivity index (χ3v) is 3.82. The van der Waals surface area contributed by atoms with E-state index >= 15 is 0 Å². The minimum Gasteiger partial charge on any atom is -0.489 e. The maximum atomic E-state index is 12.2. The predicted octanol–water partition coefficient (Wildman–Crippen LogP) is 2.17. The highest BCUT2D eigenvalue weighted by Gasteiger charge is 2.22. The highest BCUT2D eigenvalue weighted by molar-refractivity contribution is 5.74. The summed E-state index contributed by atoms with van der Waals surface area (Å²) < 4.78 is 5.58. The van der Waals surface area contributed by atoms with E-state index in [0.29, 0.717) is 19.7 Å². The van der Waals surface area contributed by atoms with Gasteiger partial charge < -0.3 is 20.1 Å². The average molecular weight is 304 g/mol. The highest BCUT2D eigenvalue weighted by Crippen LogP contribution is 2.19. The normalized spacial score (nSPS) is 17.9. The fourth-order valence-corrected chi connectivity index (χ4v) is 2.62. The van der Waals surface area contributed by atoms with Crippen molar-refractivity contribution in [3.63, 3.8) is 0 Å². The SMILES string of the molecule is C=CCOc1ccccc1CNC(=O)N1CCCC(CO)C1. The number of ether oxygens (including phenoxy) is 1. The van der Waals surface area contributed by atoms with Gasteiger partial charge in [0, 0.05) is 31.8 Å². The Kier molecular flexibility index (Phi) is 6.27. The first kappa shape index (κ1) is 16.4. The second-order valence-electron chi connectivity index (χ2n) is 5.50. The number of urea groups is 1. The monoisotopic (exact) mass is 304 g/mol. The Hall–Kier alpha value is -2.01. The minimum atomic E-state index is -0.0864. The molecule has 2 N–H and O–H groups in total. The Bertz CT molecular complexity index is 504. The van der Waals surface area contributed by atoms with Crippen molar-refractivity contribution in [2.75, 3.05) is 26.3 Å².